The molecule has 0 aliphatic carbocycles. The minimum absolute atomic E-state index is 0.0151. The lowest BCUT2D eigenvalue weighted by Gasteiger charge is -2.37. The van der Waals surface area contributed by atoms with E-state index in [-0.39, 0.29) is 37.4 Å². The number of nitrogens with zero attached hydrogens (tertiary/aromatic N) is 4. The van der Waals surface area contributed by atoms with Crippen molar-refractivity contribution in [3.8, 4) is 6.07 Å². The Morgan fingerprint density at radius 2 is 1.81 bits per heavy atom. The minimum Gasteiger partial charge on any atom is -0.314 e. The van der Waals surface area contributed by atoms with Gasteiger partial charge in [-0.25, -0.2) is 0 Å². The van der Waals surface area contributed by atoms with Gasteiger partial charge in [0.05, 0.1) is 36.0 Å². The summed E-state index contributed by atoms with van der Waals surface area (Å²) in [5.41, 5.74) is 1.63. The van der Waals surface area contributed by atoms with E-state index in [0.717, 1.165) is 26.2 Å². The van der Waals surface area contributed by atoms with Crippen LogP contribution in [0.15, 0.2) is 48.5 Å². The van der Waals surface area contributed by atoms with E-state index in [4.69, 9.17) is 5.26 Å². The topological polar surface area (TPSA) is 96.8 Å². The highest BCUT2D eigenvalue weighted by molar-refractivity contribution is 6.13. The van der Waals surface area contributed by atoms with Gasteiger partial charge in [0.25, 0.3) is 11.8 Å². The van der Waals surface area contributed by atoms with Crippen LogP contribution in [-0.4, -0.2) is 73.3 Å². The van der Waals surface area contributed by atoms with Crippen LogP contribution in [0, 0.1) is 11.3 Å². The molecule has 2 heterocycles. The number of benzene rings is 2. The Morgan fingerprint density at radius 3 is 2.58 bits per heavy atom. The van der Waals surface area contributed by atoms with Crippen molar-refractivity contribution < 1.29 is 14.4 Å². The molecule has 158 valence electrons. The normalized spacial score (nSPS) is 16.5. The van der Waals surface area contributed by atoms with Crippen molar-refractivity contribution in [2.45, 2.75) is 0 Å². The number of hydrogen-bond donors (Lipinski definition) is 1. The molecule has 1 saturated heterocycles. The zero-order chi connectivity index (χ0) is 21.8. The fraction of sp³-hybridized carbons (Fsp3) is 0.304. The van der Waals surface area contributed by atoms with Crippen molar-refractivity contribution in [2.75, 3.05) is 50.8 Å². The smallest absolute Gasteiger partial charge is 0.259 e. The highest BCUT2D eigenvalue weighted by Gasteiger charge is 2.34. The highest BCUT2D eigenvalue weighted by Crippen LogP contribution is 2.28. The molecule has 0 radical (unpaired) electrons. The standard InChI is InChI=1S/C23H23N5O3/c24-13-17-4-3-5-18(12-17)22(30)28-16-27(23(31)20-6-1-2-7-21(20)28)15-19(29)14-26-10-8-25-9-11-26/h1-7,12,25H,8-11,14-16H2. The molecule has 0 unspecified atom stereocenters. The molecule has 0 saturated carbocycles. The number of carbonyl (C=O) groups excluding carboxylic acids is 3. The Kier molecular flexibility index (Phi) is 6.07. The Balaban J connectivity index is 1.56. The molecule has 0 aromatic heterocycles. The molecule has 2 aliphatic heterocycles. The van der Waals surface area contributed by atoms with E-state index in [1.807, 2.05) is 6.07 Å². The number of nitriles is 1. The molecule has 2 aromatic carbocycles. The first-order valence-corrected chi connectivity index (χ1v) is 10.2. The molecule has 0 spiro atoms. The molecular formula is C23H23N5O3. The van der Waals surface area contributed by atoms with Crippen LogP contribution in [0.25, 0.3) is 0 Å². The molecular weight excluding hydrogens is 394 g/mol. The third-order valence-corrected chi connectivity index (χ3v) is 5.49. The van der Waals surface area contributed by atoms with Gasteiger partial charge >= 0.3 is 0 Å². The monoisotopic (exact) mass is 417 g/mol. The summed E-state index contributed by atoms with van der Waals surface area (Å²) >= 11 is 0. The number of anilines is 1. The summed E-state index contributed by atoms with van der Waals surface area (Å²) < 4.78 is 0. The Morgan fingerprint density at radius 1 is 1.03 bits per heavy atom. The van der Waals surface area contributed by atoms with Crippen LogP contribution >= 0.6 is 0 Å². The van der Waals surface area contributed by atoms with Crippen LogP contribution in [0.4, 0.5) is 5.69 Å². The average molecular weight is 417 g/mol. The summed E-state index contributed by atoms with van der Waals surface area (Å²) in [6.07, 6.45) is 0. The van der Waals surface area contributed by atoms with E-state index in [9.17, 15) is 14.4 Å². The van der Waals surface area contributed by atoms with Crippen LogP contribution in [0.2, 0.25) is 0 Å². The number of fused-ring (bicyclic) bond motifs is 1. The van der Waals surface area contributed by atoms with Crippen LogP contribution in [0.1, 0.15) is 26.3 Å². The molecule has 8 heteroatoms. The maximum Gasteiger partial charge on any atom is 0.259 e. The lowest BCUT2D eigenvalue weighted by Crippen LogP contribution is -2.52. The maximum atomic E-state index is 13.3. The third kappa shape index (κ3) is 4.48. The summed E-state index contributed by atoms with van der Waals surface area (Å²) in [5.74, 6) is -0.649. The number of amides is 2. The van der Waals surface area contributed by atoms with Gasteiger partial charge < -0.3 is 10.2 Å². The zero-order valence-corrected chi connectivity index (χ0v) is 17.1. The first-order valence-electron chi connectivity index (χ1n) is 10.2. The number of carbonyl (C=O) groups is 3. The summed E-state index contributed by atoms with van der Waals surface area (Å²) in [6, 6.07) is 15.4. The van der Waals surface area contributed by atoms with Gasteiger partial charge in [0.2, 0.25) is 0 Å². The molecule has 0 atom stereocenters. The molecule has 0 bridgehead atoms. The number of piperazine rings is 1. The summed E-state index contributed by atoms with van der Waals surface area (Å²) in [4.78, 5) is 43.9. The second-order valence-electron chi connectivity index (χ2n) is 7.65. The Bertz CT molecular complexity index is 1060. The van der Waals surface area contributed by atoms with Gasteiger partial charge in [-0.05, 0) is 30.3 Å². The van der Waals surface area contributed by atoms with Crippen molar-refractivity contribution in [2.24, 2.45) is 0 Å². The average Bonchev–Trinajstić information content (AvgIpc) is 2.81. The fourth-order valence-electron chi connectivity index (χ4n) is 3.93. The SMILES string of the molecule is N#Cc1cccc(C(=O)N2CN(CC(=O)CN3CCNCC3)C(=O)c3ccccc32)c1. The number of ketones is 1. The number of Topliss-reactive ketones (excluding diaryl/α,β-unsaturated/α-hetero) is 1. The van der Waals surface area contributed by atoms with Crippen LogP contribution in [-0.2, 0) is 4.79 Å². The van der Waals surface area contributed by atoms with Gasteiger partial charge in [-0.2, -0.15) is 5.26 Å². The van der Waals surface area contributed by atoms with Gasteiger partial charge in [-0.15, -0.1) is 0 Å². The summed E-state index contributed by atoms with van der Waals surface area (Å²) in [7, 11) is 0. The zero-order valence-electron chi connectivity index (χ0n) is 17.1. The van der Waals surface area contributed by atoms with Gasteiger partial charge in [0.15, 0.2) is 5.78 Å². The Labute approximate surface area is 180 Å². The number of para-hydroxylation sites is 1. The molecule has 1 N–H and O–H groups in total. The first kappa shape index (κ1) is 20.7. The quantitative estimate of drug-likeness (QED) is 0.782. The van der Waals surface area contributed by atoms with Crippen molar-refractivity contribution in [1.29, 1.82) is 5.26 Å². The lowest BCUT2D eigenvalue weighted by atomic mass is 10.1. The summed E-state index contributed by atoms with van der Waals surface area (Å²) in [6.45, 7) is 3.48. The van der Waals surface area contributed by atoms with Gasteiger partial charge in [0, 0.05) is 31.7 Å². The number of hydrogen-bond acceptors (Lipinski definition) is 6. The number of nitrogens with one attached hydrogen (secondary N) is 1. The predicted molar refractivity (Wildman–Crippen MR) is 115 cm³/mol. The Hall–Kier alpha value is -3.54. The van der Waals surface area contributed by atoms with Gasteiger partial charge in [-0.3, -0.25) is 24.2 Å². The van der Waals surface area contributed by atoms with E-state index in [2.05, 4.69) is 10.2 Å². The van der Waals surface area contributed by atoms with Crippen molar-refractivity contribution in [1.82, 2.24) is 15.1 Å². The van der Waals surface area contributed by atoms with Crippen molar-refractivity contribution >= 4 is 23.3 Å². The molecule has 31 heavy (non-hydrogen) atoms. The largest absolute Gasteiger partial charge is 0.314 e. The molecule has 2 aromatic rings. The third-order valence-electron chi connectivity index (χ3n) is 5.49. The van der Waals surface area contributed by atoms with Crippen LogP contribution < -0.4 is 10.2 Å². The predicted octanol–water partition coefficient (Wildman–Crippen LogP) is 1.09. The van der Waals surface area contributed by atoms with E-state index < -0.39 is 0 Å². The van der Waals surface area contributed by atoms with Crippen molar-refractivity contribution in [3.63, 3.8) is 0 Å². The molecule has 2 aliphatic rings. The second-order valence-corrected chi connectivity index (χ2v) is 7.65. The van der Waals surface area contributed by atoms with E-state index in [1.54, 1.807) is 42.5 Å². The number of rotatable bonds is 5. The van der Waals surface area contributed by atoms with Gasteiger partial charge in [0.1, 0.15) is 6.67 Å². The molecule has 4 rings (SSSR count). The van der Waals surface area contributed by atoms with Crippen molar-refractivity contribution in [3.05, 3.63) is 65.2 Å². The highest BCUT2D eigenvalue weighted by atomic mass is 16.2. The maximum absolute atomic E-state index is 13.3. The molecule has 1 fully saturated rings. The molecule has 8 nitrogen and oxygen atoms in total. The van der Waals surface area contributed by atoms with E-state index in [1.165, 1.54) is 15.9 Å². The van der Waals surface area contributed by atoms with E-state index in [0.29, 0.717) is 22.4 Å². The van der Waals surface area contributed by atoms with E-state index >= 15 is 0 Å². The van der Waals surface area contributed by atoms with Gasteiger partial charge in [-0.1, -0.05) is 18.2 Å². The first-order chi connectivity index (χ1) is 15.1. The summed E-state index contributed by atoms with van der Waals surface area (Å²) in [5, 5.41) is 12.4. The fourth-order valence-corrected chi connectivity index (χ4v) is 3.93. The molecule has 2 amide bonds. The second kappa shape index (κ2) is 9.08. The lowest BCUT2D eigenvalue weighted by molar-refractivity contribution is -0.121. The van der Waals surface area contributed by atoms with Crippen LogP contribution in [0.3, 0.4) is 0 Å². The van der Waals surface area contributed by atoms with Crippen LogP contribution in [0.5, 0.6) is 0 Å². The minimum atomic E-state index is -0.323.